The first-order valence-electron chi connectivity index (χ1n) is 7.54. The van der Waals surface area contributed by atoms with Gasteiger partial charge in [0.25, 0.3) is 11.6 Å². The van der Waals surface area contributed by atoms with Gasteiger partial charge in [0.05, 0.1) is 10.6 Å². The summed E-state index contributed by atoms with van der Waals surface area (Å²) < 4.78 is 6.85. The minimum atomic E-state index is -0.502. The quantitative estimate of drug-likeness (QED) is 0.529. The predicted molar refractivity (Wildman–Crippen MR) is 91.1 cm³/mol. The van der Waals surface area contributed by atoms with Gasteiger partial charge >= 0.3 is 0 Å². The number of nitrogens with zero attached hydrogens (tertiary/aromatic N) is 5. The molecule has 0 aliphatic rings. The molecule has 0 radical (unpaired) electrons. The van der Waals surface area contributed by atoms with Crippen molar-refractivity contribution in [2.45, 2.75) is 6.92 Å². The molecular formula is C16H14N6O4. The molecule has 1 heterocycles. The van der Waals surface area contributed by atoms with Crippen LogP contribution in [0.15, 0.2) is 48.8 Å². The fourth-order valence-electron chi connectivity index (χ4n) is 2.27. The molecule has 0 saturated heterocycles. The third-order valence-corrected chi connectivity index (χ3v) is 3.49. The molecule has 0 spiro atoms. The lowest BCUT2D eigenvalue weighted by molar-refractivity contribution is -0.384. The van der Waals surface area contributed by atoms with E-state index in [0.717, 1.165) is 11.3 Å². The van der Waals surface area contributed by atoms with E-state index in [1.165, 1.54) is 35.3 Å². The number of hydrogen-bond donors (Lipinski definition) is 1. The number of nitro benzene ring substituents is 1. The highest BCUT2D eigenvalue weighted by Gasteiger charge is 2.09. The number of anilines is 1. The maximum atomic E-state index is 12.0. The van der Waals surface area contributed by atoms with E-state index in [4.69, 9.17) is 4.74 Å². The van der Waals surface area contributed by atoms with Crippen LogP contribution in [-0.4, -0.2) is 37.6 Å². The second-order valence-corrected chi connectivity index (χ2v) is 5.34. The number of ether oxygens (including phenoxy) is 1. The van der Waals surface area contributed by atoms with Crippen LogP contribution in [0.5, 0.6) is 5.75 Å². The fourth-order valence-corrected chi connectivity index (χ4v) is 2.27. The number of hydrogen-bond acceptors (Lipinski definition) is 7. The average Bonchev–Trinajstić information content (AvgIpc) is 3.15. The Morgan fingerprint density at radius 1 is 1.27 bits per heavy atom. The number of nitro groups is 1. The SMILES string of the molecule is Cc1cc(NC(=O)COc2ccc([N+](=O)[O-])cc2)ccc1-n1cnnn1. The summed E-state index contributed by atoms with van der Waals surface area (Å²) in [7, 11) is 0. The normalized spacial score (nSPS) is 10.3. The van der Waals surface area contributed by atoms with E-state index in [2.05, 4.69) is 20.8 Å². The Hall–Kier alpha value is -3.82. The Bertz CT molecular complexity index is 924. The van der Waals surface area contributed by atoms with Gasteiger partial charge in [-0.05, 0) is 53.2 Å². The van der Waals surface area contributed by atoms with E-state index in [0.29, 0.717) is 11.4 Å². The zero-order valence-corrected chi connectivity index (χ0v) is 13.7. The zero-order chi connectivity index (χ0) is 18.5. The summed E-state index contributed by atoms with van der Waals surface area (Å²) in [5.74, 6) is 0.0221. The average molecular weight is 354 g/mol. The molecule has 3 rings (SSSR count). The van der Waals surface area contributed by atoms with Gasteiger partial charge in [0.1, 0.15) is 12.1 Å². The molecule has 0 saturated carbocycles. The highest BCUT2D eigenvalue weighted by atomic mass is 16.6. The van der Waals surface area contributed by atoms with Gasteiger partial charge in [0.2, 0.25) is 0 Å². The lowest BCUT2D eigenvalue weighted by Crippen LogP contribution is -2.20. The first kappa shape index (κ1) is 17.0. The van der Waals surface area contributed by atoms with Gasteiger partial charge in [0.15, 0.2) is 6.61 Å². The number of non-ortho nitro benzene ring substituents is 1. The van der Waals surface area contributed by atoms with Crippen LogP contribution in [0.4, 0.5) is 11.4 Å². The molecule has 0 unspecified atom stereocenters. The third-order valence-electron chi connectivity index (χ3n) is 3.49. The number of tetrazole rings is 1. The van der Waals surface area contributed by atoms with Crippen molar-refractivity contribution < 1.29 is 14.5 Å². The van der Waals surface area contributed by atoms with Crippen LogP contribution in [0.3, 0.4) is 0 Å². The van der Waals surface area contributed by atoms with E-state index < -0.39 is 4.92 Å². The summed E-state index contributed by atoms with van der Waals surface area (Å²) in [4.78, 5) is 22.1. The molecule has 2 aromatic carbocycles. The number of benzene rings is 2. The molecule has 0 aliphatic carbocycles. The molecule has 10 heteroatoms. The van der Waals surface area contributed by atoms with Crippen LogP contribution < -0.4 is 10.1 Å². The van der Waals surface area contributed by atoms with Crippen molar-refractivity contribution in [1.82, 2.24) is 20.2 Å². The van der Waals surface area contributed by atoms with Crippen LogP contribution in [-0.2, 0) is 4.79 Å². The van der Waals surface area contributed by atoms with Crippen molar-refractivity contribution in [2.24, 2.45) is 0 Å². The van der Waals surface area contributed by atoms with Crippen molar-refractivity contribution in [3.63, 3.8) is 0 Å². The lowest BCUT2D eigenvalue weighted by atomic mass is 10.2. The van der Waals surface area contributed by atoms with Gasteiger partial charge in [-0.15, -0.1) is 5.10 Å². The molecule has 10 nitrogen and oxygen atoms in total. The number of rotatable bonds is 6. The van der Waals surface area contributed by atoms with E-state index in [1.807, 2.05) is 6.92 Å². The molecule has 1 aromatic heterocycles. The Balaban J connectivity index is 1.58. The summed E-state index contributed by atoms with van der Waals surface area (Å²) in [5, 5.41) is 24.3. The van der Waals surface area contributed by atoms with Gasteiger partial charge in [-0.25, -0.2) is 4.68 Å². The predicted octanol–water partition coefficient (Wildman–Crippen LogP) is 1.90. The maximum absolute atomic E-state index is 12.0. The van der Waals surface area contributed by atoms with Crippen LogP contribution in [0, 0.1) is 17.0 Å². The second kappa shape index (κ2) is 7.38. The number of carbonyl (C=O) groups is 1. The largest absolute Gasteiger partial charge is 0.484 e. The van der Waals surface area contributed by atoms with E-state index in [9.17, 15) is 14.9 Å². The van der Waals surface area contributed by atoms with Gasteiger partial charge in [-0.2, -0.15) is 0 Å². The molecule has 0 atom stereocenters. The van der Waals surface area contributed by atoms with Crippen molar-refractivity contribution in [2.75, 3.05) is 11.9 Å². The van der Waals surface area contributed by atoms with Crippen LogP contribution in [0.25, 0.3) is 5.69 Å². The van der Waals surface area contributed by atoms with Crippen molar-refractivity contribution >= 4 is 17.3 Å². The third kappa shape index (κ3) is 3.98. The van der Waals surface area contributed by atoms with Gasteiger partial charge in [-0.1, -0.05) is 0 Å². The summed E-state index contributed by atoms with van der Waals surface area (Å²) in [6, 6.07) is 10.8. The molecule has 0 bridgehead atoms. The Kier molecular flexibility index (Phi) is 4.83. The summed E-state index contributed by atoms with van der Waals surface area (Å²) in [6.45, 7) is 1.66. The molecular weight excluding hydrogens is 340 g/mol. The molecule has 3 aromatic rings. The topological polar surface area (TPSA) is 125 Å². The van der Waals surface area contributed by atoms with E-state index >= 15 is 0 Å². The van der Waals surface area contributed by atoms with E-state index in [-0.39, 0.29) is 18.2 Å². The number of nitrogens with one attached hydrogen (secondary N) is 1. The standard InChI is InChI=1S/C16H14N6O4/c1-11-8-12(2-7-15(11)21-10-17-19-20-21)18-16(23)9-26-14-5-3-13(4-6-14)22(24)25/h2-8,10H,9H2,1H3,(H,18,23). The Labute approximate surface area is 147 Å². The summed E-state index contributed by atoms with van der Waals surface area (Å²) in [6.07, 6.45) is 1.48. The zero-order valence-electron chi connectivity index (χ0n) is 13.7. The maximum Gasteiger partial charge on any atom is 0.269 e. The van der Waals surface area contributed by atoms with E-state index in [1.54, 1.807) is 18.2 Å². The Morgan fingerprint density at radius 3 is 2.65 bits per heavy atom. The number of aryl methyl sites for hydroxylation is 1. The summed E-state index contributed by atoms with van der Waals surface area (Å²) >= 11 is 0. The number of amides is 1. The van der Waals surface area contributed by atoms with Gasteiger partial charge in [0, 0.05) is 17.8 Å². The van der Waals surface area contributed by atoms with Crippen molar-refractivity contribution in [1.29, 1.82) is 0 Å². The first-order chi connectivity index (χ1) is 12.5. The smallest absolute Gasteiger partial charge is 0.269 e. The van der Waals surface area contributed by atoms with Gasteiger partial charge < -0.3 is 10.1 Å². The second-order valence-electron chi connectivity index (χ2n) is 5.34. The fraction of sp³-hybridized carbons (Fsp3) is 0.125. The first-order valence-corrected chi connectivity index (χ1v) is 7.54. The minimum Gasteiger partial charge on any atom is -0.484 e. The van der Waals surface area contributed by atoms with Gasteiger partial charge in [-0.3, -0.25) is 14.9 Å². The highest BCUT2D eigenvalue weighted by molar-refractivity contribution is 5.92. The monoisotopic (exact) mass is 354 g/mol. The lowest BCUT2D eigenvalue weighted by Gasteiger charge is -2.10. The van der Waals surface area contributed by atoms with Crippen LogP contribution in [0.2, 0.25) is 0 Å². The molecule has 26 heavy (non-hydrogen) atoms. The molecule has 0 fully saturated rings. The molecule has 0 aliphatic heterocycles. The van der Waals surface area contributed by atoms with Crippen molar-refractivity contribution in [3.8, 4) is 11.4 Å². The molecule has 1 N–H and O–H groups in total. The Morgan fingerprint density at radius 2 is 2.04 bits per heavy atom. The molecule has 132 valence electrons. The number of aromatic nitrogens is 4. The number of carbonyl (C=O) groups excluding carboxylic acids is 1. The molecule has 1 amide bonds. The van der Waals surface area contributed by atoms with Crippen molar-refractivity contribution in [3.05, 3.63) is 64.5 Å². The van der Waals surface area contributed by atoms with Crippen LogP contribution in [0.1, 0.15) is 5.56 Å². The highest BCUT2D eigenvalue weighted by Crippen LogP contribution is 2.19. The van der Waals surface area contributed by atoms with Crippen LogP contribution >= 0.6 is 0 Å². The minimum absolute atomic E-state index is 0.0417. The summed E-state index contributed by atoms with van der Waals surface area (Å²) in [5.41, 5.74) is 2.25.